The highest BCUT2D eigenvalue weighted by molar-refractivity contribution is 6.68. The summed E-state index contributed by atoms with van der Waals surface area (Å²) in [5, 5.41) is -1.10. The second kappa shape index (κ2) is 10.2. The van der Waals surface area contributed by atoms with Gasteiger partial charge in [-0.1, -0.05) is 78.9 Å². The Hall–Kier alpha value is -4.51. The van der Waals surface area contributed by atoms with Crippen LogP contribution in [0.3, 0.4) is 0 Å². The van der Waals surface area contributed by atoms with Crippen LogP contribution >= 0.6 is 23.2 Å². The molecule has 0 aliphatic heterocycles. The lowest BCUT2D eigenvalue weighted by molar-refractivity contribution is 0.0735. The van der Waals surface area contributed by atoms with Gasteiger partial charge in [-0.25, -0.2) is 4.79 Å². The fourth-order valence-electron chi connectivity index (χ4n) is 5.64. The SMILES string of the molecule is O=C(Cl)c1ccc(C2(c3ccc(C(=O)Cl)cc3)c3ccccc3-c3c(C(=O)Oc4ccccc4)cccc32)cc1. The minimum atomic E-state index is -0.878. The number of rotatable bonds is 6. The molecular formula is C34H20Cl2O4. The fourth-order valence-corrected chi connectivity index (χ4v) is 5.89. The van der Waals surface area contributed by atoms with Crippen LogP contribution in [0.25, 0.3) is 11.1 Å². The number of ether oxygens (including phenoxy) is 1. The van der Waals surface area contributed by atoms with Crippen molar-refractivity contribution in [2.45, 2.75) is 5.41 Å². The van der Waals surface area contributed by atoms with E-state index in [9.17, 15) is 14.4 Å². The van der Waals surface area contributed by atoms with Crippen molar-refractivity contribution < 1.29 is 19.1 Å². The van der Waals surface area contributed by atoms with E-state index in [1.807, 2.05) is 78.9 Å². The Kier molecular flexibility index (Phi) is 6.59. The van der Waals surface area contributed by atoms with E-state index in [1.165, 1.54) is 0 Å². The number of hydrogen-bond donors (Lipinski definition) is 0. The second-order valence-electron chi connectivity index (χ2n) is 9.43. The Balaban J connectivity index is 1.64. The molecule has 0 heterocycles. The smallest absolute Gasteiger partial charge is 0.344 e. The van der Waals surface area contributed by atoms with E-state index >= 15 is 0 Å². The molecule has 1 aliphatic carbocycles. The first-order valence-corrected chi connectivity index (χ1v) is 13.3. The number of hydrogen-bond acceptors (Lipinski definition) is 4. The summed E-state index contributed by atoms with van der Waals surface area (Å²) in [7, 11) is 0. The molecule has 0 fully saturated rings. The van der Waals surface area contributed by atoms with Crippen LogP contribution in [0, 0.1) is 0 Å². The maximum atomic E-state index is 13.6. The van der Waals surface area contributed by atoms with Crippen LogP contribution in [0.1, 0.15) is 53.3 Å². The number of esters is 1. The van der Waals surface area contributed by atoms with Crippen LogP contribution in [0.15, 0.2) is 121 Å². The van der Waals surface area contributed by atoms with Gasteiger partial charge in [0.05, 0.1) is 11.0 Å². The van der Waals surface area contributed by atoms with Crippen LogP contribution in [0.4, 0.5) is 0 Å². The number of para-hydroxylation sites is 1. The first-order valence-electron chi connectivity index (χ1n) is 12.5. The average molecular weight is 563 g/mol. The lowest BCUT2D eigenvalue weighted by atomic mass is 9.67. The zero-order valence-electron chi connectivity index (χ0n) is 20.9. The summed E-state index contributed by atoms with van der Waals surface area (Å²) in [5.41, 5.74) is 5.46. The molecule has 0 N–H and O–H groups in total. The Morgan fingerprint density at radius 1 is 0.550 bits per heavy atom. The van der Waals surface area contributed by atoms with Crippen molar-refractivity contribution in [1.29, 1.82) is 0 Å². The van der Waals surface area contributed by atoms with Gasteiger partial charge >= 0.3 is 5.97 Å². The molecule has 6 rings (SSSR count). The van der Waals surface area contributed by atoms with E-state index < -0.39 is 21.9 Å². The van der Waals surface area contributed by atoms with Crippen LogP contribution in [0.2, 0.25) is 0 Å². The average Bonchev–Trinajstić information content (AvgIpc) is 3.29. The predicted octanol–water partition coefficient (Wildman–Crippen LogP) is 8.03. The molecule has 0 saturated carbocycles. The molecule has 0 bridgehead atoms. The minimum absolute atomic E-state index is 0.371. The van der Waals surface area contributed by atoms with E-state index in [2.05, 4.69) is 0 Å². The number of fused-ring (bicyclic) bond motifs is 3. The van der Waals surface area contributed by atoms with E-state index in [4.69, 9.17) is 27.9 Å². The first-order chi connectivity index (χ1) is 19.4. The Labute approximate surface area is 240 Å². The third-order valence-electron chi connectivity index (χ3n) is 7.33. The molecule has 5 aromatic rings. The van der Waals surface area contributed by atoms with Gasteiger partial charge in [-0.05, 0) is 93.5 Å². The summed E-state index contributed by atoms with van der Waals surface area (Å²) in [5.74, 6) is -0.0230. The van der Waals surface area contributed by atoms with E-state index in [0.29, 0.717) is 22.4 Å². The molecule has 1 aliphatic rings. The van der Waals surface area contributed by atoms with Crippen molar-refractivity contribution in [3.63, 3.8) is 0 Å². The molecule has 0 radical (unpaired) electrons. The predicted molar refractivity (Wildman–Crippen MR) is 156 cm³/mol. The maximum absolute atomic E-state index is 13.6. The number of carbonyl (C=O) groups is 3. The van der Waals surface area contributed by atoms with Crippen molar-refractivity contribution in [3.05, 3.63) is 160 Å². The van der Waals surface area contributed by atoms with Gasteiger partial charge in [-0.15, -0.1) is 0 Å². The number of carbonyl (C=O) groups excluding carboxylic acids is 3. The van der Waals surface area contributed by atoms with Gasteiger partial charge in [0.15, 0.2) is 0 Å². The zero-order chi connectivity index (χ0) is 27.9. The minimum Gasteiger partial charge on any atom is -0.423 e. The third-order valence-corrected chi connectivity index (χ3v) is 7.77. The largest absolute Gasteiger partial charge is 0.423 e. The Bertz CT molecular complexity index is 1720. The van der Waals surface area contributed by atoms with Crippen molar-refractivity contribution in [2.24, 2.45) is 0 Å². The molecule has 40 heavy (non-hydrogen) atoms. The third kappa shape index (κ3) is 4.13. The normalized spacial score (nSPS) is 12.8. The summed E-state index contributed by atoms with van der Waals surface area (Å²) >= 11 is 11.5. The monoisotopic (exact) mass is 562 g/mol. The molecule has 0 unspecified atom stereocenters. The molecule has 194 valence electrons. The van der Waals surface area contributed by atoms with Crippen molar-refractivity contribution in [2.75, 3.05) is 0 Å². The molecule has 4 nitrogen and oxygen atoms in total. The highest BCUT2D eigenvalue weighted by Gasteiger charge is 2.47. The fraction of sp³-hybridized carbons (Fsp3) is 0.0294. The lowest BCUT2D eigenvalue weighted by Gasteiger charge is -2.34. The zero-order valence-corrected chi connectivity index (χ0v) is 22.4. The van der Waals surface area contributed by atoms with Gasteiger partial charge in [0.25, 0.3) is 10.5 Å². The van der Waals surface area contributed by atoms with Crippen LogP contribution in [-0.4, -0.2) is 16.5 Å². The van der Waals surface area contributed by atoms with E-state index in [-0.39, 0.29) is 0 Å². The first kappa shape index (κ1) is 25.8. The van der Waals surface area contributed by atoms with Crippen molar-refractivity contribution in [1.82, 2.24) is 0 Å². The molecule has 0 amide bonds. The quantitative estimate of drug-likeness (QED) is 0.117. The van der Waals surface area contributed by atoms with Crippen molar-refractivity contribution >= 4 is 39.7 Å². The molecule has 5 aromatic carbocycles. The topological polar surface area (TPSA) is 60.4 Å². The van der Waals surface area contributed by atoms with Crippen LogP contribution in [-0.2, 0) is 5.41 Å². The molecule has 6 heteroatoms. The highest BCUT2D eigenvalue weighted by atomic mass is 35.5. The van der Waals surface area contributed by atoms with Crippen molar-refractivity contribution in [3.8, 4) is 16.9 Å². The molecule has 0 saturated heterocycles. The van der Waals surface area contributed by atoms with Crippen LogP contribution < -0.4 is 4.74 Å². The van der Waals surface area contributed by atoms with Crippen LogP contribution in [0.5, 0.6) is 5.75 Å². The summed E-state index contributed by atoms with van der Waals surface area (Å²) in [6.45, 7) is 0. The summed E-state index contributed by atoms with van der Waals surface area (Å²) < 4.78 is 5.76. The van der Waals surface area contributed by atoms with Gasteiger partial charge in [0.1, 0.15) is 5.75 Å². The van der Waals surface area contributed by atoms with E-state index in [1.54, 1.807) is 42.5 Å². The van der Waals surface area contributed by atoms with Gasteiger partial charge in [-0.2, -0.15) is 0 Å². The maximum Gasteiger partial charge on any atom is 0.344 e. The molecular weight excluding hydrogens is 543 g/mol. The summed E-state index contributed by atoms with van der Waals surface area (Å²) in [4.78, 5) is 37.3. The molecule has 0 spiro atoms. The molecule has 0 atom stereocenters. The summed E-state index contributed by atoms with van der Waals surface area (Å²) in [6, 6.07) is 36.7. The van der Waals surface area contributed by atoms with Gasteiger partial charge in [0.2, 0.25) is 0 Å². The van der Waals surface area contributed by atoms with Gasteiger partial charge < -0.3 is 4.74 Å². The van der Waals surface area contributed by atoms with E-state index in [0.717, 1.165) is 33.4 Å². The van der Waals surface area contributed by atoms with Gasteiger partial charge in [-0.3, -0.25) is 9.59 Å². The lowest BCUT2D eigenvalue weighted by Crippen LogP contribution is -2.29. The molecule has 0 aromatic heterocycles. The second-order valence-corrected chi connectivity index (χ2v) is 10.1. The van der Waals surface area contributed by atoms with Gasteiger partial charge in [0, 0.05) is 16.7 Å². The Morgan fingerprint density at radius 3 is 1.65 bits per heavy atom. The number of halogens is 2. The highest BCUT2D eigenvalue weighted by Crippen LogP contribution is 2.57. The Morgan fingerprint density at radius 2 is 1.07 bits per heavy atom. The summed E-state index contributed by atoms with van der Waals surface area (Å²) in [6.07, 6.45) is 0. The standard InChI is InChI=1S/C34H20Cl2O4/c35-31(37)21-13-17-23(18-14-21)34(24-19-15-22(16-20-24)32(36)38)28-11-5-4-9-26(28)30-27(10-6-12-29(30)34)33(39)40-25-7-2-1-3-8-25/h1-20H. The number of benzene rings is 5.